The van der Waals surface area contributed by atoms with Crippen molar-refractivity contribution in [2.24, 2.45) is 0 Å². The number of aliphatic carboxylic acids is 1. The minimum absolute atomic E-state index is 0.273. The zero-order chi connectivity index (χ0) is 24.9. The zero-order valence-corrected chi connectivity index (χ0v) is 21.9. The van der Waals surface area contributed by atoms with E-state index in [1.54, 1.807) is 19.2 Å². The predicted molar refractivity (Wildman–Crippen MR) is 142 cm³/mol. The number of ether oxygens (including phenoxy) is 2. The summed E-state index contributed by atoms with van der Waals surface area (Å²) in [6.45, 7) is 0.608. The maximum Gasteiger partial charge on any atom is 0.321 e. The minimum atomic E-state index is -0.914. The van der Waals surface area contributed by atoms with Crippen molar-refractivity contribution in [3.05, 3.63) is 92.0 Å². The Bertz CT molecular complexity index is 1360. The van der Waals surface area contributed by atoms with E-state index in [9.17, 15) is 9.90 Å². The normalized spacial score (nSPS) is 12.0. The maximum absolute atomic E-state index is 11.9. The van der Waals surface area contributed by atoms with Crippen LogP contribution in [0.1, 0.15) is 16.7 Å². The summed E-state index contributed by atoms with van der Waals surface area (Å²) >= 11 is 15.6. The molecule has 0 bridgehead atoms. The van der Waals surface area contributed by atoms with Gasteiger partial charge in [0.2, 0.25) is 0 Å². The standard InChI is InChI=1S/C26H23BrCl2N2O4/c1-34-24-10-16(8-19(27)25(24)35-14-15-6-7-20(28)21(29)9-15)12-30-23(26(32)33)11-17-13-31-22-5-3-2-4-18(17)22/h2-10,13,23,30-31H,11-12,14H2,1H3,(H,32,33)/t23-/m0/s1. The molecule has 0 amide bonds. The van der Waals surface area contributed by atoms with Crippen molar-refractivity contribution in [3.8, 4) is 11.5 Å². The Labute approximate surface area is 221 Å². The van der Waals surface area contributed by atoms with Gasteiger partial charge < -0.3 is 24.9 Å². The van der Waals surface area contributed by atoms with Gasteiger partial charge in [0.25, 0.3) is 0 Å². The Morgan fingerprint density at radius 3 is 2.66 bits per heavy atom. The number of carbonyl (C=O) groups is 1. The summed E-state index contributed by atoms with van der Waals surface area (Å²) in [7, 11) is 1.56. The van der Waals surface area contributed by atoms with Gasteiger partial charge in [-0.05, 0) is 63.0 Å². The molecule has 4 aromatic rings. The SMILES string of the molecule is COc1cc(CN[C@@H](Cc2c[nH]c3ccccc23)C(=O)O)cc(Br)c1OCc1ccc(Cl)c(Cl)c1. The topological polar surface area (TPSA) is 83.6 Å². The maximum atomic E-state index is 11.9. The van der Waals surface area contributed by atoms with E-state index in [0.29, 0.717) is 39.0 Å². The number of fused-ring (bicyclic) bond motifs is 1. The third-order valence-corrected chi connectivity index (χ3v) is 6.93. The van der Waals surface area contributed by atoms with Gasteiger partial charge in [0.15, 0.2) is 11.5 Å². The number of para-hydroxylation sites is 1. The predicted octanol–water partition coefficient (Wildman–Crippen LogP) is 6.61. The van der Waals surface area contributed by atoms with Gasteiger partial charge >= 0.3 is 5.97 Å². The molecule has 0 unspecified atom stereocenters. The van der Waals surface area contributed by atoms with Crippen LogP contribution >= 0.6 is 39.1 Å². The van der Waals surface area contributed by atoms with Gasteiger partial charge in [0.1, 0.15) is 12.6 Å². The molecule has 0 aliphatic carbocycles. The molecular formula is C26H23BrCl2N2O4. The fraction of sp³-hybridized carbons (Fsp3) is 0.192. The molecule has 1 aromatic heterocycles. The summed E-state index contributed by atoms with van der Waals surface area (Å²) in [5.74, 6) is 0.151. The summed E-state index contributed by atoms with van der Waals surface area (Å²) in [4.78, 5) is 15.1. The lowest BCUT2D eigenvalue weighted by atomic mass is 10.0. The molecule has 6 nitrogen and oxygen atoms in total. The van der Waals surface area contributed by atoms with Crippen molar-refractivity contribution in [2.45, 2.75) is 25.6 Å². The van der Waals surface area contributed by atoms with E-state index in [1.165, 1.54) is 0 Å². The van der Waals surface area contributed by atoms with E-state index >= 15 is 0 Å². The highest BCUT2D eigenvalue weighted by Gasteiger charge is 2.20. The number of halogens is 3. The van der Waals surface area contributed by atoms with Crippen molar-refractivity contribution in [1.29, 1.82) is 0 Å². The van der Waals surface area contributed by atoms with Crippen LogP contribution in [-0.2, 0) is 24.4 Å². The summed E-state index contributed by atoms with van der Waals surface area (Å²) in [5, 5.41) is 14.9. The van der Waals surface area contributed by atoms with Crippen molar-refractivity contribution in [2.75, 3.05) is 7.11 Å². The lowest BCUT2D eigenvalue weighted by Crippen LogP contribution is -2.38. The third-order valence-electron chi connectivity index (χ3n) is 5.61. The van der Waals surface area contributed by atoms with E-state index in [0.717, 1.165) is 27.6 Å². The first-order chi connectivity index (χ1) is 16.9. The molecule has 1 atom stereocenters. The fourth-order valence-electron chi connectivity index (χ4n) is 3.81. The molecule has 182 valence electrons. The number of methoxy groups -OCH3 is 1. The first-order valence-electron chi connectivity index (χ1n) is 10.8. The van der Waals surface area contributed by atoms with Crippen molar-refractivity contribution in [1.82, 2.24) is 10.3 Å². The number of rotatable bonds is 10. The molecule has 0 radical (unpaired) electrons. The van der Waals surface area contributed by atoms with Gasteiger partial charge in [0.05, 0.1) is 21.6 Å². The fourth-order valence-corrected chi connectivity index (χ4v) is 4.73. The molecule has 0 saturated heterocycles. The Morgan fingerprint density at radius 1 is 1.11 bits per heavy atom. The molecule has 0 spiro atoms. The van der Waals surface area contributed by atoms with Gasteiger partial charge in [-0.3, -0.25) is 4.79 Å². The van der Waals surface area contributed by atoms with Crippen LogP contribution in [-0.4, -0.2) is 29.2 Å². The van der Waals surface area contributed by atoms with Crippen LogP contribution in [0.25, 0.3) is 10.9 Å². The number of benzene rings is 3. The first kappa shape index (κ1) is 25.4. The molecule has 1 heterocycles. The highest BCUT2D eigenvalue weighted by Crippen LogP contribution is 2.37. The lowest BCUT2D eigenvalue weighted by Gasteiger charge is -2.17. The molecule has 0 saturated carbocycles. The number of aromatic nitrogens is 1. The summed E-state index contributed by atoms with van der Waals surface area (Å²) < 4.78 is 12.2. The molecule has 3 N–H and O–H groups in total. The van der Waals surface area contributed by atoms with E-state index < -0.39 is 12.0 Å². The quantitative estimate of drug-likeness (QED) is 0.197. The molecule has 35 heavy (non-hydrogen) atoms. The largest absolute Gasteiger partial charge is 0.493 e. The van der Waals surface area contributed by atoms with Crippen molar-refractivity contribution >= 4 is 56.0 Å². The van der Waals surface area contributed by atoms with Gasteiger partial charge in [-0.1, -0.05) is 47.5 Å². The third kappa shape index (κ3) is 6.11. The minimum Gasteiger partial charge on any atom is -0.493 e. The van der Waals surface area contributed by atoms with Crippen LogP contribution in [0, 0.1) is 0 Å². The van der Waals surface area contributed by atoms with Crippen molar-refractivity contribution in [3.63, 3.8) is 0 Å². The molecule has 0 aliphatic heterocycles. The van der Waals surface area contributed by atoms with Crippen LogP contribution in [0.3, 0.4) is 0 Å². The average Bonchev–Trinajstić information content (AvgIpc) is 3.25. The highest BCUT2D eigenvalue weighted by molar-refractivity contribution is 9.10. The monoisotopic (exact) mass is 576 g/mol. The number of aromatic amines is 1. The second-order valence-electron chi connectivity index (χ2n) is 7.98. The van der Waals surface area contributed by atoms with E-state index in [4.69, 9.17) is 32.7 Å². The molecule has 3 aromatic carbocycles. The van der Waals surface area contributed by atoms with E-state index in [1.807, 2.05) is 48.7 Å². The lowest BCUT2D eigenvalue weighted by molar-refractivity contribution is -0.139. The molecule has 0 aliphatic rings. The Kier molecular flexibility index (Phi) is 8.23. The Hall–Kier alpha value is -2.71. The second kappa shape index (κ2) is 11.4. The van der Waals surface area contributed by atoms with Gasteiger partial charge in [0, 0.05) is 30.1 Å². The number of carboxylic acids is 1. The molecule has 4 rings (SSSR count). The van der Waals surface area contributed by atoms with E-state index in [-0.39, 0.29) is 6.61 Å². The van der Waals surface area contributed by atoms with Crippen LogP contribution in [0.4, 0.5) is 0 Å². The Morgan fingerprint density at radius 2 is 1.91 bits per heavy atom. The van der Waals surface area contributed by atoms with Crippen LogP contribution in [0.15, 0.2) is 65.3 Å². The number of hydrogen-bond acceptors (Lipinski definition) is 4. The summed E-state index contributed by atoms with van der Waals surface area (Å²) in [5.41, 5.74) is 3.64. The number of H-pyrrole nitrogens is 1. The van der Waals surface area contributed by atoms with Gasteiger partial charge in [-0.25, -0.2) is 0 Å². The smallest absolute Gasteiger partial charge is 0.321 e. The zero-order valence-electron chi connectivity index (χ0n) is 18.8. The molecule has 0 fully saturated rings. The van der Waals surface area contributed by atoms with Crippen LogP contribution in [0.5, 0.6) is 11.5 Å². The molecular weight excluding hydrogens is 555 g/mol. The van der Waals surface area contributed by atoms with Gasteiger partial charge in [-0.15, -0.1) is 0 Å². The number of nitrogens with one attached hydrogen (secondary N) is 2. The number of hydrogen-bond donors (Lipinski definition) is 3. The highest BCUT2D eigenvalue weighted by atomic mass is 79.9. The average molecular weight is 578 g/mol. The van der Waals surface area contributed by atoms with Crippen LogP contribution in [0.2, 0.25) is 10.0 Å². The Balaban J connectivity index is 1.45. The second-order valence-corrected chi connectivity index (χ2v) is 9.65. The van der Waals surface area contributed by atoms with Gasteiger partial charge in [-0.2, -0.15) is 0 Å². The van der Waals surface area contributed by atoms with E-state index in [2.05, 4.69) is 26.2 Å². The van der Waals surface area contributed by atoms with Crippen LogP contribution < -0.4 is 14.8 Å². The molecule has 9 heteroatoms. The summed E-state index contributed by atoms with van der Waals surface area (Å²) in [6, 6.07) is 16.1. The summed E-state index contributed by atoms with van der Waals surface area (Å²) in [6.07, 6.45) is 2.21. The van der Waals surface area contributed by atoms with Crippen molar-refractivity contribution < 1.29 is 19.4 Å². The number of carboxylic acid groups (broad SMARTS) is 1. The first-order valence-corrected chi connectivity index (χ1v) is 12.3.